The minimum absolute atomic E-state index is 0.311. The molecule has 0 aliphatic carbocycles. The van der Waals surface area contributed by atoms with Gasteiger partial charge in [0.05, 0.1) is 12.7 Å². The number of aliphatic imine (C=N–C) groups is 1. The van der Waals surface area contributed by atoms with Crippen LogP contribution in [-0.2, 0) is 22.4 Å². The molecule has 1 fully saturated rings. The molecule has 0 spiro atoms. The van der Waals surface area contributed by atoms with Gasteiger partial charge in [-0.15, -0.1) is 0 Å². The van der Waals surface area contributed by atoms with Crippen molar-refractivity contribution in [1.29, 1.82) is 0 Å². The van der Waals surface area contributed by atoms with Gasteiger partial charge in [-0.1, -0.05) is 31.2 Å². The third-order valence-corrected chi connectivity index (χ3v) is 4.50. The van der Waals surface area contributed by atoms with Crippen LogP contribution in [0.1, 0.15) is 37.3 Å². The first-order chi connectivity index (χ1) is 12.2. The van der Waals surface area contributed by atoms with Crippen LogP contribution in [0, 0.1) is 0 Å². The van der Waals surface area contributed by atoms with Crippen molar-refractivity contribution in [1.82, 2.24) is 10.2 Å². The highest BCUT2D eigenvalue weighted by atomic mass is 16.5. The number of ether oxygens (including phenoxy) is 2. The Morgan fingerprint density at radius 2 is 2.08 bits per heavy atom. The van der Waals surface area contributed by atoms with Crippen LogP contribution in [0.4, 0.5) is 0 Å². The molecule has 25 heavy (non-hydrogen) atoms. The third kappa shape index (κ3) is 7.04. The minimum Gasteiger partial charge on any atom is -0.379 e. The normalized spacial score (nSPS) is 17.7. The quantitative estimate of drug-likeness (QED) is 0.424. The van der Waals surface area contributed by atoms with Crippen LogP contribution in [-0.4, -0.2) is 57.4 Å². The molecule has 1 aliphatic heterocycles. The maximum atomic E-state index is 5.69. The van der Waals surface area contributed by atoms with Gasteiger partial charge >= 0.3 is 0 Å². The summed E-state index contributed by atoms with van der Waals surface area (Å²) >= 11 is 0. The summed E-state index contributed by atoms with van der Waals surface area (Å²) in [6.45, 7) is 6.25. The standard InChI is InChI=1S/C20H33N3O2/c1-4-17-8-10-18(11-9-17)15-23(3)20(21-2)22-12-6-13-24-16-19-7-5-14-25-19/h8-11,19H,4-7,12-16H2,1-3H3,(H,21,22). The van der Waals surface area contributed by atoms with Crippen LogP contribution < -0.4 is 5.32 Å². The number of aryl methyl sites for hydroxylation is 1. The molecular formula is C20H33N3O2. The molecule has 1 aliphatic rings. The summed E-state index contributed by atoms with van der Waals surface area (Å²) in [6.07, 6.45) is 4.65. The summed E-state index contributed by atoms with van der Waals surface area (Å²) < 4.78 is 11.2. The van der Waals surface area contributed by atoms with Crippen molar-refractivity contribution in [2.45, 2.75) is 45.3 Å². The van der Waals surface area contributed by atoms with Gasteiger partial charge in [0.2, 0.25) is 0 Å². The number of nitrogens with zero attached hydrogens (tertiary/aromatic N) is 2. The zero-order valence-electron chi connectivity index (χ0n) is 16.0. The van der Waals surface area contributed by atoms with Crippen molar-refractivity contribution in [2.75, 3.05) is 40.5 Å². The van der Waals surface area contributed by atoms with Gasteiger partial charge in [-0.05, 0) is 36.8 Å². The molecule has 1 heterocycles. The van der Waals surface area contributed by atoms with E-state index in [1.54, 1.807) is 0 Å². The molecule has 1 N–H and O–H groups in total. The van der Waals surface area contributed by atoms with Crippen molar-refractivity contribution in [3.05, 3.63) is 35.4 Å². The van der Waals surface area contributed by atoms with E-state index < -0.39 is 0 Å². The molecule has 0 amide bonds. The predicted octanol–water partition coefficient (Wildman–Crippen LogP) is 2.84. The van der Waals surface area contributed by atoms with Gasteiger partial charge in [-0.3, -0.25) is 4.99 Å². The van der Waals surface area contributed by atoms with E-state index in [9.17, 15) is 0 Å². The topological polar surface area (TPSA) is 46.1 Å². The molecule has 0 aromatic heterocycles. The second kappa shape index (κ2) is 11.1. The fourth-order valence-corrected chi connectivity index (χ4v) is 2.98. The van der Waals surface area contributed by atoms with Crippen LogP contribution >= 0.6 is 0 Å². The molecule has 0 bridgehead atoms. The Bertz CT molecular complexity index is 510. The van der Waals surface area contributed by atoms with Crippen molar-refractivity contribution in [3.63, 3.8) is 0 Å². The average molecular weight is 348 g/mol. The molecule has 140 valence electrons. The highest BCUT2D eigenvalue weighted by Crippen LogP contribution is 2.12. The zero-order valence-corrected chi connectivity index (χ0v) is 16.0. The highest BCUT2D eigenvalue weighted by Gasteiger charge is 2.15. The first-order valence-corrected chi connectivity index (χ1v) is 9.42. The molecule has 5 nitrogen and oxygen atoms in total. The second-order valence-electron chi connectivity index (χ2n) is 6.56. The average Bonchev–Trinajstić information content (AvgIpc) is 3.15. The van der Waals surface area contributed by atoms with Gasteiger partial charge in [0, 0.05) is 40.4 Å². The van der Waals surface area contributed by atoms with E-state index in [0.717, 1.165) is 58.1 Å². The molecule has 1 aromatic carbocycles. The van der Waals surface area contributed by atoms with Gasteiger partial charge < -0.3 is 19.7 Å². The monoisotopic (exact) mass is 347 g/mol. The third-order valence-electron chi connectivity index (χ3n) is 4.50. The summed E-state index contributed by atoms with van der Waals surface area (Å²) in [6, 6.07) is 8.79. The minimum atomic E-state index is 0.311. The summed E-state index contributed by atoms with van der Waals surface area (Å²) in [7, 11) is 3.89. The second-order valence-corrected chi connectivity index (χ2v) is 6.56. The van der Waals surface area contributed by atoms with Crippen LogP contribution in [0.25, 0.3) is 0 Å². The zero-order chi connectivity index (χ0) is 17.9. The first-order valence-electron chi connectivity index (χ1n) is 9.42. The Morgan fingerprint density at radius 3 is 2.72 bits per heavy atom. The molecule has 1 atom stereocenters. The van der Waals surface area contributed by atoms with Crippen molar-refractivity contribution < 1.29 is 9.47 Å². The maximum Gasteiger partial charge on any atom is 0.193 e. The Morgan fingerprint density at radius 1 is 1.32 bits per heavy atom. The number of guanidine groups is 1. The van der Waals surface area contributed by atoms with Gasteiger partial charge in [-0.2, -0.15) is 0 Å². The van der Waals surface area contributed by atoms with Crippen molar-refractivity contribution in [2.24, 2.45) is 4.99 Å². The maximum absolute atomic E-state index is 5.69. The lowest BCUT2D eigenvalue weighted by Crippen LogP contribution is -2.39. The molecule has 0 radical (unpaired) electrons. The Balaban J connectivity index is 1.62. The van der Waals surface area contributed by atoms with E-state index in [0.29, 0.717) is 6.10 Å². The summed E-state index contributed by atoms with van der Waals surface area (Å²) in [5.74, 6) is 0.915. The number of rotatable bonds is 9. The molecule has 5 heteroatoms. The first kappa shape index (κ1) is 19.7. The van der Waals surface area contributed by atoms with Crippen LogP contribution in [0.15, 0.2) is 29.3 Å². The van der Waals surface area contributed by atoms with E-state index in [2.05, 4.69) is 53.4 Å². The van der Waals surface area contributed by atoms with Crippen LogP contribution in [0.5, 0.6) is 0 Å². The lowest BCUT2D eigenvalue weighted by atomic mass is 10.1. The largest absolute Gasteiger partial charge is 0.379 e. The smallest absolute Gasteiger partial charge is 0.193 e. The Kier molecular flexibility index (Phi) is 8.77. The Hall–Kier alpha value is -1.59. The van der Waals surface area contributed by atoms with E-state index in [-0.39, 0.29) is 0 Å². The number of hydrogen-bond donors (Lipinski definition) is 1. The van der Waals surface area contributed by atoms with Crippen LogP contribution in [0.3, 0.4) is 0 Å². The molecule has 1 aromatic rings. The van der Waals surface area contributed by atoms with E-state index in [1.807, 2.05) is 7.05 Å². The van der Waals surface area contributed by atoms with Crippen LogP contribution in [0.2, 0.25) is 0 Å². The molecule has 2 rings (SSSR count). The summed E-state index contributed by atoms with van der Waals surface area (Å²) in [5.41, 5.74) is 2.67. The summed E-state index contributed by atoms with van der Waals surface area (Å²) in [5, 5.41) is 3.41. The lowest BCUT2D eigenvalue weighted by molar-refractivity contribution is 0.0168. The fraction of sp³-hybridized carbons (Fsp3) is 0.650. The van der Waals surface area contributed by atoms with E-state index in [1.165, 1.54) is 17.5 Å². The highest BCUT2D eigenvalue weighted by molar-refractivity contribution is 5.79. The number of hydrogen-bond acceptors (Lipinski definition) is 3. The SMILES string of the molecule is CCc1ccc(CN(C)C(=NC)NCCCOCC2CCCO2)cc1. The van der Waals surface area contributed by atoms with Crippen molar-refractivity contribution >= 4 is 5.96 Å². The Labute approximate surface area is 152 Å². The summed E-state index contributed by atoms with van der Waals surface area (Å²) in [4.78, 5) is 6.52. The molecule has 0 saturated carbocycles. The lowest BCUT2D eigenvalue weighted by Gasteiger charge is -2.22. The van der Waals surface area contributed by atoms with Gasteiger partial charge in [0.1, 0.15) is 0 Å². The van der Waals surface area contributed by atoms with E-state index in [4.69, 9.17) is 9.47 Å². The van der Waals surface area contributed by atoms with Crippen molar-refractivity contribution in [3.8, 4) is 0 Å². The molecular weight excluding hydrogens is 314 g/mol. The molecule has 1 unspecified atom stereocenters. The predicted molar refractivity (Wildman–Crippen MR) is 103 cm³/mol. The molecule has 1 saturated heterocycles. The number of benzene rings is 1. The van der Waals surface area contributed by atoms with E-state index >= 15 is 0 Å². The van der Waals surface area contributed by atoms with Gasteiger partial charge in [-0.25, -0.2) is 0 Å². The number of nitrogens with one attached hydrogen (secondary N) is 1. The van der Waals surface area contributed by atoms with Gasteiger partial charge in [0.15, 0.2) is 5.96 Å². The van der Waals surface area contributed by atoms with Gasteiger partial charge in [0.25, 0.3) is 0 Å². The fourth-order valence-electron chi connectivity index (χ4n) is 2.98.